The van der Waals surface area contributed by atoms with Gasteiger partial charge in [0.05, 0.1) is 12.8 Å². The lowest BCUT2D eigenvalue weighted by molar-refractivity contribution is -0.121. The minimum atomic E-state index is -0.0700. The molecule has 1 aromatic carbocycles. The molecule has 26 heavy (non-hydrogen) atoms. The normalized spacial score (nSPS) is 11.0. The highest BCUT2D eigenvalue weighted by atomic mass is 16.5. The van der Waals surface area contributed by atoms with Crippen molar-refractivity contribution in [3.05, 3.63) is 23.8 Å². The zero-order valence-electron chi connectivity index (χ0n) is 16.3. The van der Waals surface area contributed by atoms with E-state index in [0.717, 1.165) is 12.8 Å². The van der Waals surface area contributed by atoms with Crippen molar-refractivity contribution in [1.29, 1.82) is 0 Å². The zero-order chi connectivity index (χ0) is 19.0. The summed E-state index contributed by atoms with van der Waals surface area (Å²) in [4.78, 5) is 11.8. The molecule has 0 aliphatic rings. The van der Waals surface area contributed by atoms with Gasteiger partial charge in [-0.05, 0) is 37.1 Å². The summed E-state index contributed by atoms with van der Waals surface area (Å²) in [6, 6.07) is 5.02. The topological polar surface area (TPSA) is 70.9 Å². The van der Waals surface area contributed by atoms with Crippen LogP contribution in [0.2, 0.25) is 0 Å². The van der Waals surface area contributed by atoms with Gasteiger partial charge in [0, 0.05) is 6.42 Å². The number of amides is 1. The molecule has 0 atom stereocenters. The molecular formula is C21H34N2O3. The van der Waals surface area contributed by atoms with Crippen molar-refractivity contribution in [3.8, 4) is 11.5 Å². The number of ether oxygens (including phenoxy) is 1. The molecule has 0 aliphatic carbocycles. The average Bonchev–Trinajstić information content (AvgIpc) is 2.62. The minimum absolute atomic E-state index is 0.0665. The van der Waals surface area contributed by atoms with Gasteiger partial charge in [-0.3, -0.25) is 4.79 Å². The van der Waals surface area contributed by atoms with Crippen molar-refractivity contribution in [2.45, 2.75) is 78.1 Å². The van der Waals surface area contributed by atoms with E-state index in [-0.39, 0.29) is 11.7 Å². The second-order valence-corrected chi connectivity index (χ2v) is 6.53. The molecule has 0 saturated carbocycles. The van der Waals surface area contributed by atoms with Crippen LogP contribution in [0.5, 0.6) is 11.5 Å². The van der Waals surface area contributed by atoms with E-state index in [1.807, 2.05) is 6.92 Å². The van der Waals surface area contributed by atoms with Gasteiger partial charge in [-0.2, -0.15) is 5.10 Å². The second kappa shape index (κ2) is 14.2. The Hall–Kier alpha value is -2.04. The molecule has 5 nitrogen and oxygen atoms in total. The maximum absolute atomic E-state index is 11.8. The third-order valence-electron chi connectivity index (χ3n) is 4.19. The summed E-state index contributed by atoms with van der Waals surface area (Å²) in [5.41, 5.74) is 3.24. The molecule has 0 saturated heterocycles. The highest BCUT2D eigenvalue weighted by Crippen LogP contribution is 2.26. The van der Waals surface area contributed by atoms with Crippen LogP contribution in [-0.2, 0) is 4.79 Å². The van der Waals surface area contributed by atoms with Crippen molar-refractivity contribution in [3.63, 3.8) is 0 Å². The Bertz CT molecular complexity index is 544. The smallest absolute Gasteiger partial charge is 0.240 e. The van der Waals surface area contributed by atoms with E-state index >= 15 is 0 Å². The van der Waals surface area contributed by atoms with Gasteiger partial charge in [-0.15, -0.1) is 0 Å². The number of hydrazone groups is 1. The summed E-state index contributed by atoms with van der Waals surface area (Å²) in [7, 11) is 0. The number of aromatic hydroxyl groups is 1. The van der Waals surface area contributed by atoms with Crippen LogP contribution < -0.4 is 10.2 Å². The number of unbranched alkanes of at least 4 members (excludes halogenated alkanes) is 8. The summed E-state index contributed by atoms with van der Waals surface area (Å²) in [5.74, 6) is 0.440. The highest BCUT2D eigenvalue weighted by Gasteiger charge is 2.02. The lowest BCUT2D eigenvalue weighted by atomic mass is 10.1. The molecule has 0 spiro atoms. The fourth-order valence-corrected chi connectivity index (χ4v) is 2.72. The van der Waals surface area contributed by atoms with Crippen molar-refractivity contribution in [2.75, 3.05) is 6.61 Å². The Morgan fingerprint density at radius 3 is 2.35 bits per heavy atom. The summed E-state index contributed by atoms with van der Waals surface area (Å²) < 4.78 is 5.27. The molecule has 0 aliphatic heterocycles. The van der Waals surface area contributed by atoms with Crippen LogP contribution in [0.25, 0.3) is 0 Å². The van der Waals surface area contributed by atoms with Gasteiger partial charge in [-0.25, -0.2) is 5.43 Å². The first kappa shape index (κ1) is 22.0. The Morgan fingerprint density at radius 2 is 1.73 bits per heavy atom. The lowest BCUT2D eigenvalue weighted by Gasteiger charge is -2.05. The number of nitrogens with one attached hydrogen (secondary N) is 1. The van der Waals surface area contributed by atoms with Crippen LogP contribution >= 0.6 is 0 Å². The van der Waals surface area contributed by atoms with Crippen molar-refractivity contribution >= 4 is 12.1 Å². The quantitative estimate of drug-likeness (QED) is 0.273. The van der Waals surface area contributed by atoms with Gasteiger partial charge in [0.1, 0.15) is 0 Å². The first-order valence-electron chi connectivity index (χ1n) is 9.95. The number of nitrogens with zero attached hydrogens (tertiary/aromatic N) is 1. The predicted molar refractivity (Wildman–Crippen MR) is 107 cm³/mol. The summed E-state index contributed by atoms with van der Waals surface area (Å²) in [6.07, 6.45) is 13.1. The van der Waals surface area contributed by atoms with Crippen LogP contribution in [0.3, 0.4) is 0 Å². The van der Waals surface area contributed by atoms with Gasteiger partial charge in [0.2, 0.25) is 5.91 Å². The van der Waals surface area contributed by atoms with Crippen LogP contribution in [0.1, 0.15) is 83.6 Å². The molecule has 1 amide bonds. The Kier molecular flexibility index (Phi) is 12.0. The molecule has 146 valence electrons. The van der Waals surface area contributed by atoms with Crippen LogP contribution in [0.15, 0.2) is 23.3 Å². The monoisotopic (exact) mass is 362 g/mol. The number of phenolic OH excluding ortho intramolecular Hbond substituents is 1. The van der Waals surface area contributed by atoms with E-state index in [4.69, 9.17) is 4.74 Å². The van der Waals surface area contributed by atoms with Crippen LogP contribution in [0.4, 0.5) is 0 Å². The minimum Gasteiger partial charge on any atom is -0.504 e. The van der Waals surface area contributed by atoms with E-state index in [1.54, 1.807) is 18.2 Å². The van der Waals surface area contributed by atoms with E-state index in [1.165, 1.54) is 51.2 Å². The van der Waals surface area contributed by atoms with E-state index in [9.17, 15) is 9.90 Å². The maximum atomic E-state index is 11.8. The number of carbonyl (C=O) groups is 1. The Balaban J connectivity index is 2.12. The van der Waals surface area contributed by atoms with Gasteiger partial charge < -0.3 is 9.84 Å². The molecule has 5 heteroatoms. The van der Waals surface area contributed by atoms with Crippen molar-refractivity contribution < 1.29 is 14.6 Å². The average molecular weight is 363 g/mol. The van der Waals surface area contributed by atoms with Crippen molar-refractivity contribution in [1.82, 2.24) is 5.43 Å². The number of carbonyl (C=O) groups excluding carboxylic acids is 1. The maximum Gasteiger partial charge on any atom is 0.240 e. The van der Waals surface area contributed by atoms with Crippen LogP contribution in [-0.4, -0.2) is 23.8 Å². The molecule has 0 aromatic heterocycles. The van der Waals surface area contributed by atoms with E-state index < -0.39 is 0 Å². The number of benzene rings is 1. The fourth-order valence-electron chi connectivity index (χ4n) is 2.72. The summed E-state index contributed by atoms with van der Waals surface area (Å²) in [6.45, 7) is 4.59. The number of hydrogen-bond acceptors (Lipinski definition) is 4. The number of hydrogen-bond donors (Lipinski definition) is 2. The molecule has 0 heterocycles. The Morgan fingerprint density at radius 1 is 1.08 bits per heavy atom. The summed E-state index contributed by atoms with van der Waals surface area (Å²) >= 11 is 0. The zero-order valence-corrected chi connectivity index (χ0v) is 16.3. The van der Waals surface area contributed by atoms with E-state index in [2.05, 4.69) is 17.5 Å². The third kappa shape index (κ3) is 10.1. The second-order valence-electron chi connectivity index (χ2n) is 6.53. The predicted octanol–water partition coefficient (Wildman–Crippen LogP) is 5.16. The summed E-state index contributed by atoms with van der Waals surface area (Å²) in [5, 5.41) is 13.7. The molecule has 0 radical (unpaired) electrons. The van der Waals surface area contributed by atoms with Gasteiger partial charge in [-0.1, -0.05) is 58.3 Å². The molecule has 1 aromatic rings. The molecule has 1 rings (SSSR count). The van der Waals surface area contributed by atoms with Gasteiger partial charge >= 0.3 is 0 Å². The fraction of sp³-hybridized carbons (Fsp3) is 0.619. The van der Waals surface area contributed by atoms with Crippen LogP contribution in [0, 0.1) is 0 Å². The lowest BCUT2D eigenvalue weighted by Crippen LogP contribution is -2.16. The largest absolute Gasteiger partial charge is 0.504 e. The first-order valence-corrected chi connectivity index (χ1v) is 9.95. The SMILES string of the molecule is CCCCCCCCCCCC(=O)N/N=C/c1ccc(OCC)c(O)c1. The van der Waals surface area contributed by atoms with Crippen molar-refractivity contribution in [2.24, 2.45) is 5.10 Å². The third-order valence-corrected chi connectivity index (χ3v) is 4.19. The molecule has 2 N–H and O–H groups in total. The Labute approximate surface area is 157 Å². The van der Waals surface area contributed by atoms with Gasteiger partial charge in [0.15, 0.2) is 11.5 Å². The van der Waals surface area contributed by atoms with Gasteiger partial charge in [0.25, 0.3) is 0 Å². The molecule has 0 fully saturated rings. The molecule has 0 unspecified atom stereocenters. The number of rotatable bonds is 14. The molecule has 0 bridgehead atoms. The number of phenols is 1. The standard InChI is InChI=1S/C21H34N2O3/c1-3-5-6-7-8-9-10-11-12-13-21(25)23-22-17-18-14-15-20(26-4-2)19(24)16-18/h14-17,24H,3-13H2,1-2H3,(H,23,25)/b22-17+. The molecular weight excluding hydrogens is 328 g/mol. The van der Waals surface area contributed by atoms with E-state index in [0.29, 0.717) is 24.3 Å². The first-order chi connectivity index (χ1) is 12.7. The highest BCUT2D eigenvalue weighted by molar-refractivity contribution is 5.83.